The van der Waals surface area contributed by atoms with Crippen molar-refractivity contribution in [2.45, 2.75) is 46.9 Å². The first-order chi connectivity index (χ1) is 14.5. The van der Waals surface area contributed by atoms with Gasteiger partial charge in [-0.05, 0) is 64.5 Å². The van der Waals surface area contributed by atoms with E-state index in [2.05, 4.69) is 0 Å². The Labute approximate surface area is 187 Å². The van der Waals surface area contributed by atoms with Crippen LogP contribution in [-0.2, 0) is 19.1 Å². The van der Waals surface area contributed by atoms with E-state index in [9.17, 15) is 19.8 Å². The molecule has 0 aromatic rings. The van der Waals surface area contributed by atoms with E-state index in [1.807, 2.05) is 0 Å². The third-order valence-corrected chi connectivity index (χ3v) is 13.5. The number of carbonyl (C=O) groups excluding carboxylic acids is 2. The number of amides is 2. The van der Waals surface area contributed by atoms with Crippen molar-refractivity contribution in [3.63, 3.8) is 0 Å². The molecule has 2 bridgehead atoms. The fourth-order valence-electron chi connectivity index (χ4n) is 5.06. The van der Waals surface area contributed by atoms with Gasteiger partial charge in [0.25, 0.3) is 11.8 Å². The number of aliphatic hydroxyl groups excluding tert-OH is 2. The van der Waals surface area contributed by atoms with E-state index in [0.29, 0.717) is 11.1 Å². The number of fused-ring (bicyclic) bond motifs is 5. The van der Waals surface area contributed by atoms with Crippen LogP contribution in [0.25, 0.3) is 0 Å². The second-order valence-corrected chi connectivity index (χ2v) is 14.0. The Kier molecular flexibility index (Phi) is 4.33. The van der Waals surface area contributed by atoms with Crippen molar-refractivity contribution in [1.82, 2.24) is 9.80 Å². The lowest BCUT2D eigenvalue weighted by molar-refractivity contribution is -0.167. The Morgan fingerprint density at radius 1 is 0.833 bits per heavy atom. The molecular formula is C18H16N2O6S4. The van der Waals surface area contributed by atoms with Crippen LogP contribution in [-0.4, -0.2) is 65.9 Å². The number of piperazine rings is 1. The number of ether oxygens (including phenoxy) is 2. The minimum Gasteiger partial charge on any atom is -0.473 e. The van der Waals surface area contributed by atoms with Crippen LogP contribution in [0, 0.1) is 0 Å². The van der Waals surface area contributed by atoms with Crippen molar-refractivity contribution in [3.8, 4) is 0 Å². The zero-order chi connectivity index (χ0) is 20.7. The van der Waals surface area contributed by atoms with E-state index in [-0.39, 0.29) is 24.7 Å². The normalized spacial score (nSPS) is 43.8. The van der Waals surface area contributed by atoms with Gasteiger partial charge in [-0.15, -0.1) is 0 Å². The fourth-order valence-corrected chi connectivity index (χ4v) is 12.8. The summed E-state index contributed by atoms with van der Waals surface area (Å²) in [5, 5.41) is 21.6. The molecule has 0 aromatic heterocycles. The maximum Gasteiger partial charge on any atom is 0.262 e. The zero-order valence-corrected chi connectivity index (χ0v) is 18.5. The summed E-state index contributed by atoms with van der Waals surface area (Å²) in [6.45, 7) is 0. The number of rotatable bonds is 0. The van der Waals surface area contributed by atoms with E-state index in [1.165, 1.54) is 78.4 Å². The van der Waals surface area contributed by atoms with Crippen molar-refractivity contribution in [1.29, 1.82) is 0 Å². The van der Waals surface area contributed by atoms with Gasteiger partial charge in [-0.3, -0.25) is 9.59 Å². The van der Waals surface area contributed by atoms with Crippen molar-refractivity contribution in [2.24, 2.45) is 0 Å². The first-order valence-electron chi connectivity index (χ1n) is 9.26. The predicted octanol–water partition coefficient (Wildman–Crippen LogP) is 1.86. The molecule has 30 heavy (non-hydrogen) atoms. The van der Waals surface area contributed by atoms with Gasteiger partial charge in [0.05, 0.1) is 49.3 Å². The summed E-state index contributed by atoms with van der Waals surface area (Å²) in [5.74, 6) is -0.472. The van der Waals surface area contributed by atoms with Gasteiger partial charge in [-0.25, -0.2) is 0 Å². The molecule has 0 radical (unpaired) electrons. The van der Waals surface area contributed by atoms with Crippen LogP contribution in [0.4, 0.5) is 0 Å². The third-order valence-electron chi connectivity index (χ3n) is 6.25. The van der Waals surface area contributed by atoms with Gasteiger partial charge < -0.3 is 29.5 Å². The van der Waals surface area contributed by atoms with Gasteiger partial charge in [0.2, 0.25) is 0 Å². The van der Waals surface area contributed by atoms with Gasteiger partial charge in [-0.2, -0.15) is 0 Å². The largest absolute Gasteiger partial charge is 0.473 e. The Hall–Kier alpha value is -1.18. The van der Waals surface area contributed by atoms with Crippen LogP contribution < -0.4 is 0 Å². The number of nitrogens with zero attached hydrogens (tertiary/aromatic N) is 2. The molecule has 8 nitrogen and oxygen atoms in total. The molecule has 7 heterocycles. The van der Waals surface area contributed by atoms with Crippen molar-refractivity contribution in [3.05, 3.63) is 48.3 Å². The summed E-state index contributed by atoms with van der Waals surface area (Å²) in [6.07, 6.45) is 7.39. The standard InChI is InChI=1S/C18H16N2O6S4/c21-11-1-3-25-7-9-5-17-16(24)20-14-10(8-26-4-2-12(14)22)6-18(20,28-30-29-27-17)15(23)19(17)13(9)11/h1-4,7-8,11-14,21-22H,5-6H2/t11-,12-,13-,14-,17+,18+/m0/s1. The molecular weight excluding hydrogens is 468 g/mol. The Morgan fingerprint density at radius 2 is 1.27 bits per heavy atom. The average Bonchev–Trinajstić information content (AvgIpc) is 3.10. The van der Waals surface area contributed by atoms with Gasteiger partial charge in [0, 0.05) is 12.8 Å². The molecule has 6 atom stereocenters. The van der Waals surface area contributed by atoms with Crippen LogP contribution in [0.2, 0.25) is 0 Å². The molecule has 0 saturated carbocycles. The topological polar surface area (TPSA) is 99.5 Å². The fraction of sp³-hybridized carbons (Fsp3) is 0.444. The lowest BCUT2D eigenvalue weighted by Crippen LogP contribution is -2.74. The van der Waals surface area contributed by atoms with Crippen molar-refractivity contribution in [2.75, 3.05) is 0 Å². The zero-order valence-electron chi connectivity index (χ0n) is 15.2. The number of hydrogen-bond donors (Lipinski definition) is 2. The molecule has 2 spiro atoms. The van der Waals surface area contributed by atoms with E-state index >= 15 is 0 Å². The molecule has 12 heteroatoms. The molecule has 0 aromatic carbocycles. The number of aliphatic hydroxyl groups is 2. The van der Waals surface area contributed by atoms with E-state index in [0.717, 1.165) is 0 Å². The highest BCUT2D eigenvalue weighted by molar-refractivity contribution is 9.26. The molecule has 5 saturated heterocycles. The Balaban J connectivity index is 1.56. The van der Waals surface area contributed by atoms with Crippen LogP contribution >= 0.6 is 41.2 Å². The summed E-state index contributed by atoms with van der Waals surface area (Å²) >= 11 is 0. The summed E-state index contributed by atoms with van der Waals surface area (Å²) in [7, 11) is 5.56. The van der Waals surface area contributed by atoms with Crippen LogP contribution in [0.15, 0.2) is 48.3 Å². The number of carbonyl (C=O) groups is 2. The van der Waals surface area contributed by atoms with Crippen molar-refractivity contribution >= 4 is 53.1 Å². The molecule has 0 unspecified atom stereocenters. The molecule has 7 aliphatic heterocycles. The molecule has 7 aliphatic rings. The SMILES string of the molecule is O=C1N2[C@H]3C(=COC=C[C@@H]3O)C[C@]23SSSS[C@]12CC1=COC=C[C@H](O)[C@H]1N2C3=O. The quantitative estimate of drug-likeness (QED) is 0.496. The monoisotopic (exact) mass is 484 g/mol. The molecule has 7 rings (SSSR count). The van der Waals surface area contributed by atoms with Gasteiger partial charge in [0.1, 0.15) is 0 Å². The summed E-state index contributed by atoms with van der Waals surface area (Å²) in [5.41, 5.74) is 1.41. The summed E-state index contributed by atoms with van der Waals surface area (Å²) in [6, 6.07) is -1.34. The van der Waals surface area contributed by atoms with Crippen molar-refractivity contribution < 1.29 is 29.3 Å². The minimum absolute atomic E-state index is 0.236. The highest BCUT2D eigenvalue weighted by Gasteiger charge is 2.74. The number of hydrogen-bond acceptors (Lipinski definition) is 10. The van der Waals surface area contributed by atoms with E-state index < -0.39 is 34.0 Å². The lowest BCUT2D eigenvalue weighted by atomic mass is 10.0. The van der Waals surface area contributed by atoms with Gasteiger partial charge in [-0.1, -0.05) is 0 Å². The lowest BCUT2D eigenvalue weighted by Gasteiger charge is -2.54. The Bertz CT molecular complexity index is 892. The minimum atomic E-state index is -1.21. The Morgan fingerprint density at radius 3 is 1.70 bits per heavy atom. The van der Waals surface area contributed by atoms with Crippen LogP contribution in [0.3, 0.4) is 0 Å². The first kappa shape index (κ1) is 19.5. The predicted molar refractivity (Wildman–Crippen MR) is 115 cm³/mol. The third kappa shape index (κ3) is 2.32. The second-order valence-electron chi connectivity index (χ2n) is 7.76. The summed E-state index contributed by atoms with van der Waals surface area (Å²) in [4.78, 5) is 29.0. The van der Waals surface area contributed by atoms with Gasteiger partial charge in [0.15, 0.2) is 9.74 Å². The van der Waals surface area contributed by atoms with Crippen LogP contribution in [0.1, 0.15) is 12.8 Å². The first-order valence-corrected chi connectivity index (χ1v) is 14.1. The second kappa shape index (κ2) is 6.66. The molecule has 0 aliphatic carbocycles. The highest BCUT2D eigenvalue weighted by Crippen LogP contribution is 2.68. The maximum atomic E-state index is 14.1. The summed E-state index contributed by atoms with van der Waals surface area (Å²) < 4.78 is 10.7. The van der Waals surface area contributed by atoms with Crippen LogP contribution in [0.5, 0.6) is 0 Å². The average molecular weight is 485 g/mol. The van der Waals surface area contributed by atoms with E-state index in [1.54, 1.807) is 9.80 Å². The van der Waals surface area contributed by atoms with E-state index in [4.69, 9.17) is 9.47 Å². The molecule has 2 N–H and O–H groups in total. The molecule has 5 fully saturated rings. The smallest absolute Gasteiger partial charge is 0.262 e. The highest BCUT2D eigenvalue weighted by atomic mass is 33.7. The molecule has 158 valence electrons. The molecule has 2 amide bonds. The van der Waals surface area contributed by atoms with Gasteiger partial charge >= 0.3 is 0 Å². The maximum absolute atomic E-state index is 14.1.